The summed E-state index contributed by atoms with van der Waals surface area (Å²) in [5.74, 6) is 0.779. The Hall–Kier alpha value is -1.62. The monoisotopic (exact) mass is 290 g/mol. The van der Waals surface area contributed by atoms with Gasteiger partial charge in [-0.2, -0.15) is 0 Å². The third-order valence-electron chi connectivity index (χ3n) is 4.23. The van der Waals surface area contributed by atoms with Crippen LogP contribution in [0, 0.1) is 0 Å². The Balaban J connectivity index is 1.80. The molecule has 5 heteroatoms. The smallest absolute Gasteiger partial charge is 0.252 e. The predicted octanol–water partition coefficient (Wildman–Crippen LogP) is 1.95. The van der Waals surface area contributed by atoms with E-state index in [1.54, 1.807) is 6.07 Å². The maximum absolute atomic E-state index is 12.4. The lowest BCUT2D eigenvalue weighted by atomic mass is 9.96. The normalized spacial score (nSPS) is 19.2. The zero-order valence-electron chi connectivity index (χ0n) is 11.3. The number of thiocarbonyl (C=S) groups is 1. The number of nitrogens with two attached hydrogens (primary N) is 1. The minimum absolute atomic E-state index is 0.102. The summed E-state index contributed by atoms with van der Waals surface area (Å²) < 4.78 is 5.45. The Kier molecular flexibility index (Phi) is 3.38. The van der Waals surface area contributed by atoms with E-state index in [9.17, 15) is 4.79 Å². The first-order valence-electron chi connectivity index (χ1n) is 6.99. The number of hydrogen-bond acceptors (Lipinski definition) is 3. The lowest BCUT2D eigenvalue weighted by Gasteiger charge is -2.29. The molecule has 0 saturated heterocycles. The van der Waals surface area contributed by atoms with Crippen LogP contribution in [-0.4, -0.2) is 23.0 Å². The molecule has 0 aromatic heterocycles. The summed E-state index contributed by atoms with van der Waals surface area (Å²) in [6, 6.07) is 5.56. The van der Waals surface area contributed by atoms with Crippen LogP contribution in [-0.2, 0) is 6.42 Å². The van der Waals surface area contributed by atoms with E-state index >= 15 is 0 Å². The summed E-state index contributed by atoms with van der Waals surface area (Å²) in [7, 11) is 0. The molecule has 3 N–H and O–H groups in total. The van der Waals surface area contributed by atoms with Gasteiger partial charge in [0.2, 0.25) is 0 Å². The van der Waals surface area contributed by atoms with Crippen molar-refractivity contribution in [3.8, 4) is 5.75 Å². The number of benzene rings is 1. The number of ether oxygens (including phenoxy) is 1. The highest BCUT2D eigenvalue weighted by molar-refractivity contribution is 7.80. The van der Waals surface area contributed by atoms with Gasteiger partial charge in [0.1, 0.15) is 5.75 Å². The van der Waals surface area contributed by atoms with Crippen LogP contribution in [0.25, 0.3) is 0 Å². The Morgan fingerprint density at radius 2 is 2.10 bits per heavy atom. The molecule has 4 nitrogen and oxygen atoms in total. The molecule has 0 bridgehead atoms. The Labute approximate surface area is 123 Å². The molecule has 106 valence electrons. The molecule has 1 aromatic rings. The molecule has 1 aliphatic heterocycles. The van der Waals surface area contributed by atoms with E-state index in [0.717, 1.165) is 43.4 Å². The Morgan fingerprint density at radius 3 is 2.80 bits per heavy atom. The van der Waals surface area contributed by atoms with Crippen LogP contribution in [0.15, 0.2) is 18.2 Å². The van der Waals surface area contributed by atoms with Gasteiger partial charge in [-0.1, -0.05) is 25.1 Å². The predicted molar refractivity (Wildman–Crippen MR) is 81.1 cm³/mol. The van der Waals surface area contributed by atoms with Gasteiger partial charge in [-0.25, -0.2) is 0 Å². The van der Waals surface area contributed by atoms with E-state index in [1.807, 2.05) is 12.1 Å². The molecule has 1 amide bonds. The number of carbonyl (C=O) groups is 1. The first-order chi connectivity index (χ1) is 9.61. The van der Waals surface area contributed by atoms with Crippen LogP contribution in [0.2, 0.25) is 0 Å². The summed E-state index contributed by atoms with van der Waals surface area (Å²) >= 11 is 5.16. The number of fused-ring (bicyclic) bond motifs is 1. The second-order valence-corrected chi connectivity index (χ2v) is 5.97. The van der Waals surface area contributed by atoms with Crippen LogP contribution >= 0.6 is 12.2 Å². The van der Waals surface area contributed by atoms with E-state index < -0.39 is 5.54 Å². The summed E-state index contributed by atoms with van der Waals surface area (Å²) in [6.45, 7) is 0.692. The first-order valence-corrected chi connectivity index (χ1v) is 7.40. The second-order valence-electron chi connectivity index (χ2n) is 5.53. The van der Waals surface area contributed by atoms with Crippen molar-refractivity contribution in [2.45, 2.75) is 37.6 Å². The molecule has 0 unspecified atom stereocenters. The lowest BCUT2D eigenvalue weighted by molar-refractivity contribution is 0.0924. The molecular weight excluding hydrogens is 272 g/mol. The van der Waals surface area contributed by atoms with Gasteiger partial charge in [-0.05, 0) is 36.6 Å². The fourth-order valence-electron chi connectivity index (χ4n) is 3.03. The fraction of sp³-hybridized carbons (Fsp3) is 0.467. The van der Waals surface area contributed by atoms with Gasteiger partial charge in [0.05, 0.1) is 17.1 Å². The highest BCUT2D eigenvalue weighted by atomic mass is 32.1. The standard InChI is InChI=1S/C15H18N2O2S/c16-14(20)15(6-1-2-7-15)17-13(18)11-3-4-12-10(9-11)5-8-19-12/h3-4,9H,1-2,5-8H2,(H2,16,20)(H,17,18). The molecule has 2 aliphatic rings. The first kappa shape index (κ1) is 13.4. The van der Waals surface area contributed by atoms with Crippen molar-refractivity contribution >= 4 is 23.1 Å². The maximum atomic E-state index is 12.4. The minimum Gasteiger partial charge on any atom is -0.493 e. The van der Waals surface area contributed by atoms with Gasteiger partial charge in [0.25, 0.3) is 5.91 Å². The Bertz CT molecular complexity index is 565. The summed E-state index contributed by atoms with van der Waals surface area (Å²) in [6.07, 6.45) is 4.63. The molecule has 0 radical (unpaired) electrons. The van der Waals surface area contributed by atoms with Crippen molar-refractivity contribution in [2.24, 2.45) is 5.73 Å². The quantitative estimate of drug-likeness (QED) is 0.835. The maximum Gasteiger partial charge on any atom is 0.252 e. The van der Waals surface area contributed by atoms with E-state index in [0.29, 0.717) is 17.2 Å². The second kappa shape index (κ2) is 5.05. The van der Waals surface area contributed by atoms with Crippen LogP contribution in [0.1, 0.15) is 41.6 Å². The average molecular weight is 290 g/mol. The van der Waals surface area contributed by atoms with Gasteiger partial charge in [0.15, 0.2) is 0 Å². The average Bonchev–Trinajstić information content (AvgIpc) is 3.06. The van der Waals surface area contributed by atoms with Crippen LogP contribution in [0.3, 0.4) is 0 Å². The Morgan fingerprint density at radius 1 is 1.35 bits per heavy atom. The third-order valence-corrected chi connectivity index (χ3v) is 4.62. The van der Waals surface area contributed by atoms with Crippen molar-refractivity contribution < 1.29 is 9.53 Å². The highest BCUT2D eigenvalue weighted by Crippen LogP contribution is 2.31. The van der Waals surface area contributed by atoms with E-state index in [1.165, 1.54) is 0 Å². The zero-order valence-corrected chi connectivity index (χ0v) is 12.1. The van der Waals surface area contributed by atoms with Gasteiger partial charge in [0, 0.05) is 12.0 Å². The number of nitrogens with one attached hydrogen (secondary N) is 1. The lowest BCUT2D eigenvalue weighted by Crippen LogP contribution is -2.54. The molecule has 3 rings (SSSR count). The summed E-state index contributed by atoms with van der Waals surface area (Å²) in [4.78, 5) is 12.8. The largest absolute Gasteiger partial charge is 0.493 e. The SMILES string of the molecule is NC(=S)C1(NC(=O)c2ccc3c(c2)CCO3)CCCC1. The van der Waals surface area contributed by atoms with Gasteiger partial charge in [-0.3, -0.25) is 4.79 Å². The number of amides is 1. The number of hydrogen-bond donors (Lipinski definition) is 2. The minimum atomic E-state index is -0.498. The van der Waals surface area contributed by atoms with Gasteiger partial charge < -0.3 is 15.8 Å². The number of rotatable bonds is 3. The molecule has 1 aliphatic carbocycles. The van der Waals surface area contributed by atoms with Crippen LogP contribution in [0.4, 0.5) is 0 Å². The topological polar surface area (TPSA) is 64.3 Å². The summed E-state index contributed by atoms with van der Waals surface area (Å²) in [5, 5.41) is 3.05. The third kappa shape index (κ3) is 2.26. The highest BCUT2D eigenvalue weighted by Gasteiger charge is 2.38. The molecular formula is C15H18N2O2S. The molecule has 1 heterocycles. The van der Waals surface area contributed by atoms with Gasteiger partial charge >= 0.3 is 0 Å². The number of carbonyl (C=O) groups excluding carboxylic acids is 1. The van der Waals surface area contributed by atoms with E-state index in [2.05, 4.69) is 5.32 Å². The molecule has 20 heavy (non-hydrogen) atoms. The van der Waals surface area contributed by atoms with E-state index in [4.69, 9.17) is 22.7 Å². The van der Waals surface area contributed by atoms with Crippen LogP contribution < -0.4 is 15.8 Å². The van der Waals surface area contributed by atoms with E-state index in [-0.39, 0.29) is 5.91 Å². The van der Waals surface area contributed by atoms with Gasteiger partial charge in [-0.15, -0.1) is 0 Å². The van der Waals surface area contributed by atoms with Crippen molar-refractivity contribution in [1.82, 2.24) is 5.32 Å². The molecule has 1 aromatic carbocycles. The molecule has 0 atom stereocenters. The molecule has 1 saturated carbocycles. The van der Waals surface area contributed by atoms with Crippen molar-refractivity contribution in [1.29, 1.82) is 0 Å². The molecule has 1 fully saturated rings. The zero-order chi connectivity index (χ0) is 14.2. The van der Waals surface area contributed by atoms with Crippen molar-refractivity contribution in [3.05, 3.63) is 29.3 Å². The van der Waals surface area contributed by atoms with Crippen molar-refractivity contribution in [3.63, 3.8) is 0 Å². The van der Waals surface area contributed by atoms with Crippen molar-refractivity contribution in [2.75, 3.05) is 6.61 Å². The summed E-state index contributed by atoms with van der Waals surface area (Å²) in [5.41, 5.74) is 7.09. The van der Waals surface area contributed by atoms with Crippen LogP contribution in [0.5, 0.6) is 5.75 Å². The molecule has 0 spiro atoms. The fourth-order valence-corrected chi connectivity index (χ4v) is 3.28.